The Morgan fingerprint density at radius 3 is 2.67 bits per heavy atom. The van der Waals surface area contributed by atoms with Gasteiger partial charge in [-0.15, -0.1) is 0 Å². The number of hydrogen-bond donors (Lipinski definition) is 2. The van der Waals surface area contributed by atoms with Gasteiger partial charge in [0.15, 0.2) is 5.03 Å². The number of nitrogens with zero attached hydrogens (tertiary/aromatic N) is 8. The topological polar surface area (TPSA) is 147 Å². The van der Waals surface area contributed by atoms with Gasteiger partial charge in [0.2, 0.25) is 5.95 Å². The highest BCUT2D eigenvalue weighted by Gasteiger charge is 2.35. The molecule has 0 unspecified atom stereocenters. The molecule has 3 aromatic heterocycles. The van der Waals surface area contributed by atoms with Crippen LogP contribution in [0.5, 0.6) is 0 Å². The van der Waals surface area contributed by atoms with Crippen molar-refractivity contribution in [2.75, 3.05) is 18.4 Å². The number of sulfonamides is 1. The Labute approximate surface area is 259 Å². The standard InChI is InChI=1S/C26H32B3ClN10O2S/c1-16-14-39(43(41,42)23-6-7-38(2)37-23)8-5-21(16)35-25-32-12-18(10-31)24(36-25)19-13-34-40(15-19)22-4-3-17(9-20(22)30)11-33-26(27,28)29/h3-4,6-7,9,12-13,15-16,21,33H,5,8,11,14,27-29H2,1-2H3,(H,32,35,36)/t16-,21+/m1/s1. The first-order valence-electron chi connectivity index (χ1n) is 14.0. The Kier molecular flexibility index (Phi) is 8.71. The van der Waals surface area contributed by atoms with Crippen LogP contribution in [0.1, 0.15) is 24.5 Å². The second-order valence-corrected chi connectivity index (χ2v) is 14.1. The number of benzene rings is 1. The summed E-state index contributed by atoms with van der Waals surface area (Å²) in [5, 5.41) is 25.7. The quantitative estimate of drug-likeness (QED) is 0.242. The first-order chi connectivity index (χ1) is 20.3. The lowest BCUT2D eigenvalue weighted by Gasteiger charge is -2.36. The zero-order valence-electron chi connectivity index (χ0n) is 24.8. The number of nitrogens with one attached hydrogen (secondary N) is 2. The lowest BCUT2D eigenvalue weighted by Crippen LogP contribution is -2.47. The van der Waals surface area contributed by atoms with Crippen molar-refractivity contribution in [2.45, 2.75) is 36.2 Å². The van der Waals surface area contributed by atoms with Gasteiger partial charge in [0.05, 0.1) is 34.4 Å². The molecule has 2 N–H and O–H groups in total. The minimum atomic E-state index is -3.67. The Morgan fingerprint density at radius 1 is 1.23 bits per heavy atom. The Hall–Kier alpha value is -3.64. The molecule has 4 aromatic rings. The lowest BCUT2D eigenvalue weighted by molar-refractivity contribution is 0.260. The number of anilines is 1. The van der Waals surface area contributed by atoms with Crippen LogP contribution in [-0.4, -0.2) is 90.2 Å². The van der Waals surface area contributed by atoms with Gasteiger partial charge in [-0.2, -0.15) is 19.8 Å². The zero-order chi connectivity index (χ0) is 30.9. The fourth-order valence-electron chi connectivity index (χ4n) is 4.91. The second kappa shape index (κ2) is 12.2. The maximum absolute atomic E-state index is 13.0. The summed E-state index contributed by atoms with van der Waals surface area (Å²) in [4.78, 5) is 9.03. The normalized spacial score (nSPS) is 17.9. The highest BCUT2D eigenvalue weighted by molar-refractivity contribution is 7.89. The monoisotopic (exact) mass is 616 g/mol. The fraction of sp³-hybridized carbons (Fsp3) is 0.346. The van der Waals surface area contributed by atoms with Crippen molar-refractivity contribution in [2.24, 2.45) is 13.0 Å². The first kappa shape index (κ1) is 30.8. The van der Waals surface area contributed by atoms with Crippen LogP contribution in [-0.2, 0) is 23.6 Å². The molecule has 1 saturated heterocycles. The van der Waals surface area contributed by atoms with Crippen LogP contribution in [0, 0.1) is 17.2 Å². The van der Waals surface area contributed by atoms with Gasteiger partial charge in [-0.3, -0.25) is 4.68 Å². The van der Waals surface area contributed by atoms with Gasteiger partial charge in [0, 0.05) is 50.7 Å². The summed E-state index contributed by atoms with van der Waals surface area (Å²) in [6.45, 7) is 3.34. The molecule has 1 aromatic carbocycles. The lowest BCUT2D eigenvalue weighted by atomic mass is 9.49. The number of rotatable bonds is 9. The summed E-state index contributed by atoms with van der Waals surface area (Å²) >= 11 is 6.63. The molecule has 43 heavy (non-hydrogen) atoms. The molecule has 0 saturated carbocycles. The van der Waals surface area contributed by atoms with Gasteiger partial charge in [0.1, 0.15) is 29.6 Å². The summed E-state index contributed by atoms with van der Waals surface area (Å²) in [6, 6.07) is 9.44. The third kappa shape index (κ3) is 6.96. The van der Waals surface area contributed by atoms with Crippen LogP contribution in [0.25, 0.3) is 16.9 Å². The van der Waals surface area contributed by atoms with E-state index in [0.29, 0.717) is 59.5 Å². The third-order valence-electron chi connectivity index (χ3n) is 7.32. The fourth-order valence-corrected chi connectivity index (χ4v) is 6.71. The molecule has 1 fully saturated rings. The van der Waals surface area contributed by atoms with Gasteiger partial charge in [-0.1, -0.05) is 29.8 Å². The number of halogens is 1. The predicted octanol–water partition coefficient (Wildman–Crippen LogP) is -0.301. The van der Waals surface area contributed by atoms with E-state index in [9.17, 15) is 13.7 Å². The molecule has 0 radical (unpaired) electrons. The average Bonchev–Trinajstić information content (AvgIpc) is 3.62. The Balaban J connectivity index is 1.31. The molecule has 1 aliphatic rings. The predicted molar refractivity (Wildman–Crippen MR) is 173 cm³/mol. The van der Waals surface area contributed by atoms with Gasteiger partial charge in [0.25, 0.3) is 10.0 Å². The Bertz CT molecular complexity index is 1780. The third-order valence-corrected chi connectivity index (χ3v) is 9.38. The highest BCUT2D eigenvalue weighted by Crippen LogP contribution is 2.28. The van der Waals surface area contributed by atoms with Crippen molar-refractivity contribution in [3.63, 3.8) is 0 Å². The molecule has 2 atom stereocenters. The van der Waals surface area contributed by atoms with E-state index in [1.807, 2.05) is 25.1 Å². The van der Waals surface area contributed by atoms with Crippen molar-refractivity contribution in [3.05, 3.63) is 65.2 Å². The molecule has 0 amide bonds. The van der Waals surface area contributed by atoms with Crippen molar-refractivity contribution in [1.82, 2.24) is 39.2 Å². The van der Waals surface area contributed by atoms with Crippen LogP contribution in [0.3, 0.4) is 0 Å². The minimum absolute atomic E-state index is 0.0121. The molecule has 17 heteroatoms. The minimum Gasteiger partial charge on any atom is -0.351 e. The van der Waals surface area contributed by atoms with E-state index in [1.165, 1.54) is 21.3 Å². The summed E-state index contributed by atoms with van der Waals surface area (Å²) < 4.78 is 30.7. The van der Waals surface area contributed by atoms with Crippen molar-refractivity contribution in [1.29, 1.82) is 5.26 Å². The Morgan fingerprint density at radius 2 is 2.02 bits per heavy atom. The van der Waals surface area contributed by atoms with Gasteiger partial charge in [-0.05, 0) is 36.1 Å². The van der Waals surface area contributed by atoms with Crippen LogP contribution in [0.4, 0.5) is 5.95 Å². The summed E-state index contributed by atoms with van der Waals surface area (Å²) in [5.74, 6) is 0.328. The molecule has 0 bridgehead atoms. The van der Waals surface area contributed by atoms with E-state index in [-0.39, 0.29) is 22.2 Å². The number of aromatic nitrogens is 6. The highest BCUT2D eigenvalue weighted by atomic mass is 35.5. The maximum Gasteiger partial charge on any atom is 0.262 e. The van der Waals surface area contributed by atoms with E-state index >= 15 is 0 Å². The van der Waals surface area contributed by atoms with Crippen LogP contribution < -0.4 is 10.6 Å². The van der Waals surface area contributed by atoms with Crippen molar-refractivity contribution in [3.8, 4) is 23.0 Å². The second-order valence-electron chi connectivity index (χ2n) is 11.8. The van der Waals surface area contributed by atoms with Crippen LogP contribution in [0.2, 0.25) is 5.02 Å². The summed E-state index contributed by atoms with van der Waals surface area (Å²) in [6.07, 6.45) is 7.08. The van der Waals surface area contributed by atoms with Gasteiger partial charge >= 0.3 is 0 Å². The molecular formula is C26H32B3ClN10O2S. The molecule has 220 valence electrons. The molecule has 4 heterocycles. The van der Waals surface area contributed by atoms with E-state index in [0.717, 1.165) is 5.56 Å². The molecule has 12 nitrogen and oxygen atoms in total. The number of nitriles is 1. The average molecular weight is 617 g/mol. The molecule has 1 aliphatic heterocycles. The molecule has 5 rings (SSSR count). The van der Waals surface area contributed by atoms with Gasteiger partial charge in [-0.25, -0.2) is 23.1 Å². The van der Waals surface area contributed by atoms with E-state index < -0.39 is 10.0 Å². The first-order valence-corrected chi connectivity index (χ1v) is 15.8. The number of piperidine rings is 1. The summed E-state index contributed by atoms with van der Waals surface area (Å²) in [5.41, 5.74) is 3.16. The summed E-state index contributed by atoms with van der Waals surface area (Å²) in [7, 11) is 4.34. The number of aryl methyl sites for hydroxylation is 1. The maximum atomic E-state index is 13.0. The van der Waals surface area contributed by atoms with E-state index in [4.69, 9.17) is 11.6 Å². The van der Waals surface area contributed by atoms with Crippen LogP contribution in [0.15, 0.2) is 54.1 Å². The molecular weight excluding hydrogens is 584 g/mol. The molecule has 0 aliphatic carbocycles. The molecule has 0 spiro atoms. The SMILES string of the molecule is BC(B)(B)NCc1ccc(-n2cc(-c3nc(N[C@H]4CCN(S(=O)(=O)c5ccn(C)n5)C[C@H]4C)ncc3C#N)cn2)c(Cl)c1. The van der Waals surface area contributed by atoms with Crippen molar-refractivity contribution < 1.29 is 8.42 Å². The smallest absolute Gasteiger partial charge is 0.262 e. The zero-order valence-corrected chi connectivity index (χ0v) is 26.4. The van der Waals surface area contributed by atoms with Crippen LogP contribution >= 0.6 is 11.6 Å². The van der Waals surface area contributed by atoms with Gasteiger partial charge < -0.3 is 10.6 Å². The van der Waals surface area contributed by atoms with Crippen molar-refractivity contribution >= 4 is 51.1 Å². The van der Waals surface area contributed by atoms with E-state index in [2.05, 4.69) is 60.4 Å². The number of hydrogen-bond acceptors (Lipinski definition) is 9. The largest absolute Gasteiger partial charge is 0.351 e. The van der Waals surface area contributed by atoms with E-state index in [1.54, 1.807) is 30.3 Å².